The van der Waals surface area contributed by atoms with E-state index in [-0.39, 0.29) is 6.04 Å². The minimum absolute atomic E-state index is 0.0974. The van der Waals surface area contributed by atoms with Crippen LogP contribution in [0.1, 0.15) is 24.1 Å². The SMILES string of the molecule is CC(N)c1ccn(Cc2cccnc2)c1. The van der Waals surface area contributed by atoms with Crippen molar-refractivity contribution in [1.29, 1.82) is 0 Å². The molecule has 0 saturated heterocycles. The number of hydrogen-bond acceptors (Lipinski definition) is 2. The van der Waals surface area contributed by atoms with Crippen LogP contribution in [0.25, 0.3) is 0 Å². The van der Waals surface area contributed by atoms with Crippen LogP contribution in [-0.2, 0) is 6.54 Å². The van der Waals surface area contributed by atoms with Gasteiger partial charge in [-0.25, -0.2) is 0 Å². The second-order valence-corrected chi connectivity index (χ2v) is 3.77. The van der Waals surface area contributed by atoms with Crippen molar-refractivity contribution in [2.45, 2.75) is 19.5 Å². The molecule has 0 saturated carbocycles. The van der Waals surface area contributed by atoms with Gasteiger partial charge in [-0.15, -0.1) is 0 Å². The van der Waals surface area contributed by atoms with E-state index in [1.165, 1.54) is 11.1 Å². The van der Waals surface area contributed by atoms with Crippen molar-refractivity contribution in [2.75, 3.05) is 0 Å². The first-order valence-electron chi connectivity index (χ1n) is 5.06. The maximum atomic E-state index is 5.79. The molecule has 0 aromatic carbocycles. The molecule has 2 N–H and O–H groups in total. The summed E-state index contributed by atoms with van der Waals surface area (Å²) in [5, 5.41) is 0. The summed E-state index contributed by atoms with van der Waals surface area (Å²) in [6, 6.07) is 6.17. The first-order valence-corrected chi connectivity index (χ1v) is 5.06. The molecule has 3 heteroatoms. The van der Waals surface area contributed by atoms with E-state index >= 15 is 0 Å². The second kappa shape index (κ2) is 4.28. The number of aromatic nitrogens is 2. The zero-order chi connectivity index (χ0) is 10.7. The lowest BCUT2D eigenvalue weighted by Gasteiger charge is -2.03. The van der Waals surface area contributed by atoms with E-state index in [1.807, 2.05) is 25.4 Å². The zero-order valence-corrected chi connectivity index (χ0v) is 8.80. The molecule has 0 amide bonds. The Morgan fingerprint density at radius 1 is 1.47 bits per heavy atom. The van der Waals surface area contributed by atoms with Crippen molar-refractivity contribution < 1.29 is 0 Å². The summed E-state index contributed by atoms with van der Waals surface area (Å²) in [4.78, 5) is 4.08. The molecule has 1 unspecified atom stereocenters. The quantitative estimate of drug-likeness (QED) is 0.824. The first-order chi connectivity index (χ1) is 7.25. The van der Waals surface area contributed by atoms with Crippen LogP contribution < -0.4 is 5.73 Å². The van der Waals surface area contributed by atoms with Crippen LogP contribution >= 0.6 is 0 Å². The number of rotatable bonds is 3. The number of nitrogens with two attached hydrogens (primary N) is 1. The minimum Gasteiger partial charge on any atom is -0.350 e. The van der Waals surface area contributed by atoms with Crippen molar-refractivity contribution >= 4 is 0 Å². The summed E-state index contributed by atoms with van der Waals surface area (Å²) in [6.45, 7) is 2.84. The maximum Gasteiger partial charge on any atom is 0.0485 e. The Hall–Kier alpha value is -1.61. The van der Waals surface area contributed by atoms with Crippen molar-refractivity contribution in [3.63, 3.8) is 0 Å². The topological polar surface area (TPSA) is 43.8 Å². The van der Waals surface area contributed by atoms with Crippen LogP contribution in [0, 0.1) is 0 Å². The summed E-state index contributed by atoms with van der Waals surface area (Å²) in [5.74, 6) is 0. The van der Waals surface area contributed by atoms with Crippen LogP contribution in [0.2, 0.25) is 0 Å². The van der Waals surface area contributed by atoms with E-state index in [9.17, 15) is 0 Å². The Bertz CT molecular complexity index is 417. The fraction of sp³-hybridized carbons (Fsp3) is 0.250. The van der Waals surface area contributed by atoms with E-state index < -0.39 is 0 Å². The van der Waals surface area contributed by atoms with Gasteiger partial charge in [0, 0.05) is 37.4 Å². The molecule has 0 fully saturated rings. The summed E-state index contributed by atoms with van der Waals surface area (Å²) in [6.07, 6.45) is 7.79. The van der Waals surface area contributed by atoms with E-state index in [1.54, 1.807) is 6.20 Å². The molecule has 1 atom stereocenters. The first kappa shape index (κ1) is 9.93. The molecule has 0 aliphatic rings. The van der Waals surface area contributed by atoms with E-state index in [0.717, 1.165) is 6.54 Å². The highest BCUT2D eigenvalue weighted by Crippen LogP contribution is 2.11. The fourth-order valence-electron chi connectivity index (χ4n) is 1.53. The monoisotopic (exact) mass is 201 g/mol. The van der Waals surface area contributed by atoms with Gasteiger partial charge >= 0.3 is 0 Å². The van der Waals surface area contributed by atoms with Gasteiger partial charge in [0.05, 0.1) is 0 Å². The third-order valence-corrected chi connectivity index (χ3v) is 2.39. The van der Waals surface area contributed by atoms with Crippen molar-refractivity contribution in [1.82, 2.24) is 9.55 Å². The Labute approximate surface area is 89.6 Å². The van der Waals surface area contributed by atoms with Gasteiger partial charge in [0.2, 0.25) is 0 Å². The number of hydrogen-bond donors (Lipinski definition) is 1. The molecule has 0 aliphatic carbocycles. The van der Waals surface area contributed by atoms with Gasteiger partial charge in [-0.05, 0) is 30.2 Å². The predicted molar refractivity (Wildman–Crippen MR) is 60.4 cm³/mol. The molecule has 2 heterocycles. The van der Waals surface area contributed by atoms with Gasteiger partial charge in [0.25, 0.3) is 0 Å². The molecule has 0 bridgehead atoms. The molecule has 0 aliphatic heterocycles. The molecule has 2 aromatic rings. The van der Waals surface area contributed by atoms with Gasteiger partial charge in [-0.1, -0.05) is 6.07 Å². The maximum absolute atomic E-state index is 5.79. The van der Waals surface area contributed by atoms with Crippen LogP contribution in [0.15, 0.2) is 43.0 Å². The lowest BCUT2D eigenvalue weighted by atomic mass is 10.2. The highest BCUT2D eigenvalue weighted by atomic mass is 14.9. The average molecular weight is 201 g/mol. The normalized spacial score (nSPS) is 12.7. The van der Waals surface area contributed by atoms with Crippen molar-refractivity contribution in [3.05, 3.63) is 54.1 Å². The number of pyridine rings is 1. The van der Waals surface area contributed by atoms with Gasteiger partial charge in [0.1, 0.15) is 0 Å². The second-order valence-electron chi connectivity index (χ2n) is 3.77. The van der Waals surface area contributed by atoms with Crippen LogP contribution in [0.3, 0.4) is 0 Å². The van der Waals surface area contributed by atoms with Gasteiger partial charge in [-0.2, -0.15) is 0 Å². The van der Waals surface area contributed by atoms with E-state index in [0.29, 0.717) is 0 Å². The summed E-state index contributed by atoms with van der Waals surface area (Å²) in [5.41, 5.74) is 8.16. The van der Waals surface area contributed by atoms with E-state index in [4.69, 9.17) is 5.73 Å². The van der Waals surface area contributed by atoms with Crippen molar-refractivity contribution in [2.24, 2.45) is 5.73 Å². The Balaban J connectivity index is 2.12. The van der Waals surface area contributed by atoms with Crippen LogP contribution in [0.4, 0.5) is 0 Å². The third-order valence-electron chi connectivity index (χ3n) is 2.39. The highest BCUT2D eigenvalue weighted by Gasteiger charge is 2.01. The van der Waals surface area contributed by atoms with Gasteiger partial charge in [0.15, 0.2) is 0 Å². The Morgan fingerprint density at radius 3 is 2.93 bits per heavy atom. The molecule has 0 radical (unpaired) electrons. The van der Waals surface area contributed by atoms with Gasteiger partial charge < -0.3 is 10.3 Å². The lowest BCUT2D eigenvalue weighted by molar-refractivity contribution is 0.775. The molecule has 2 aromatic heterocycles. The summed E-state index contributed by atoms with van der Waals surface area (Å²) in [7, 11) is 0. The lowest BCUT2D eigenvalue weighted by Crippen LogP contribution is -2.04. The molecular formula is C12H15N3. The molecule has 0 spiro atoms. The van der Waals surface area contributed by atoms with E-state index in [2.05, 4.69) is 27.9 Å². The average Bonchev–Trinajstić information content (AvgIpc) is 2.68. The smallest absolute Gasteiger partial charge is 0.0485 e. The Kier molecular flexibility index (Phi) is 2.83. The van der Waals surface area contributed by atoms with Crippen molar-refractivity contribution in [3.8, 4) is 0 Å². The molecule has 3 nitrogen and oxygen atoms in total. The summed E-state index contributed by atoms with van der Waals surface area (Å²) < 4.78 is 2.12. The fourth-order valence-corrected chi connectivity index (χ4v) is 1.53. The Morgan fingerprint density at radius 2 is 2.33 bits per heavy atom. The molecule has 78 valence electrons. The molecule has 15 heavy (non-hydrogen) atoms. The highest BCUT2D eigenvalue weighted by molar-refractivity contribution is 5.16. The third kappa shape index (κ3) is 2.44. The zero-order valence-electron chi connectivity index (χ0n) is 8.80. The standard InChI is InChI=1S/C12H15N3/c1-10(13)12-4-6-15(9-12)8-11-3-2-5-14-7-11/h2-7,9-10H,8,13H2,1H3. The predicted octanol–water partition coefficient (Wildman–Crippen LogP) is 1.95. The summed E-state index contributed by atoms with van der Waals surface area (Å²) >= 11 is 0. The minimum atomic E-state index is 0.0974. The largest absolute Gasteiger partial charge is 0.350 e. The van der Waals surface area contributed by atoms with Gasteiger partial charge in [-0.3, -0.25) is 4.98 Å². The van der Waals surface area contributed by atoms with Crippen LogP contribution in [-0.4, -0.2) is 9.55 Å². The molecular weight excluding hydrogens is 186 g/mol. The van der Waals surface area contributed by atoms with Crippen LogP contribution in [0.5, 0.6) is 0 Å². The molecule has 2 rings (SSSR count). The number of nitrogens with zero attached hydrogens (tertiary/aromatic N) is 2.